The Morgan fingerprint density at radius 3 is 1.17 bits per heavy atom. The molecule has 0 aliphatic heterocycles. The Hall–Kier alpha value is -1.63. The van der Waals surface area contributed by atoms with Gasteiger partial charge in [0.2, 0.25) is 0 Å². The van der Waals surface area contributed by atoms with Crippen LogP contribution in [-0.4, -0.2) is 62.3 Å². The first-order valence-electron chi connectivity index (χ1n) is 26.3. The number of esters is 3. The number of nitrogens with zero attached hydrogens (tertiary/aromatic N) is 1. The molecule has 60 heavy (non-hydrogen) atoms. The van der Waals surface area contributed by atoms with Gasteiger partial charge < -0.3 is 19.1 Å². The van der Waals surface area contributed by atoms with E-state index in [-0.39, 0.29) is 34.2 Å². The zero-order valence-corrected chi connectivity index (χ0v) is 40.5. The second kappa shape index (κ2) is 29.7. The van der Waals surface area contributed by atoms with E-state index in [2.05, 4.69) is 46.4 Å². The highest BCUT2D eigenvalue weighted by atomic mass is 16.5. The summed E-state index contributed by atoms with van der Waals surface area (Å²) < 4.78 is 17.8. The molecule has 2 atom stereocenters. The van der Waals surface area contributed by atoms with Gasteiger partial charge in [-0.1, -0.05) is 119 Å². The maximum atomic E-state index is 13.1. The lowest BCUT2D eigenvalue weighted by molar-refractivity contribution is -0.173. The summed E-state index contributed by atoms with van der Waals surface area (Å²) in [5, 5.41) is 0. The lowest BCUT2D eigenvalue weighted by atomic mass is 9.37. The minimum Gasteiger partial charge on any atom is -0.466 e. The molecule has 0 amide bonds. The topological polar surface area (TPSA) is 82.1 Å². The molecule has 4 aliphatic rings. The van der Waals surface area contributed by atoms with E-state index in [0.717, 1.165) is 96.2 Å². The van der Waals surface area contributed by atoms with Crippen LogP contribution in [0.5, 0.6) is 0 Å². The van der Waals surface area contributed by atoms with Crippen LogP contribution in [0.15, 0.2) is 0 Å². The lowest BCUT2D eigenvalue weighted by Gasteiger charge is -2.67. The van der Waals surface area contributed by atoms with Crippen LogP contribution < -0.4 is 0 Å². The molecule has 4 rings (SSSR count). The summed E-state index contributed by atoms with van der Waals surface area (Å²) in [7, 11) is 0. The number of rotatable bonds is 38. The van der Waals surface area contributed by atoms with Gasteiger partial charge in [0.25, 0.3) is 0 Å². The summed E-state index contributed by atoms with van der Waals surface area (Å²) >= 11 is 0. The van der Waals surface area contributed by atoms with Crippen molar-refractivity contribution in [2.24, 2.45) is 34.0 Å². The molecule has 4 fully saturated rings. The zero-order valence-electron chi connectivity index (χ0n) is 40.5. The Kier molecular flexibility index (Phi) is 26.1. The van der Waals surface area contributed by atoms with Crippen LogP contribution >= 0.6 is 0 Å². The molecular weight excluding hydrogens is 747 g/mol. The van der Waals surface area contributed by atoms with Crippen molar-refractivity contribution < 1.29 is 28.6 Å². The highest BCUT2D eigenvalue weighted by molar-refractivity contribution is 5.70. The van der Waals surface area contributed by atoms with Gasteiger partial charge in [-0.2, -0.15) is 0 Å². The molecule has 0 aromatic carbocycles. The molecule has 0 spiro atoms. The third-order valence-corrected chi connectivity index (χ3v) is 15.3. The molecule has 350 valence electrons. The molecule has 0 heterocycles. The SMILES string of the molecule is CCCCCC(CCCCC)CC(=O)OCCCC12CC3CC(CCCOC(=O)CCCN(CC)CC)(C1)CC(CCCOC(=O)CC(CCCCC)CCCCC)(C3)C2. The van der Waals surface area contributed by atoms with E-state index in [1.165, 1.54) is 116 Å². The minimum atomic E-state index is -0.0498. The summed E-state index contributed by atoms with van der Waals surface area (Å²) in [6.07, 6.45) is 35.7. The molecule has 2 unspecified atom stereocenters. The van der Waals surface area contributed by atoms with Crippen molar-refractivity contribution in [1.82, 2.24) is 4.90 Å². The lowest BCUT2D eigenvalue weighted by Crippen LogP contribution is -2.57. The maximum absolute atomic E-state index is 13.1. The van der Waals surface area contributed by atoms with Crippen LogP contribution in [-0.2, 0) is 28.6 Å². The van der Waals surface area contributed by atoms with E-state index >= 15 is 0 Å². The molecule has 7 nitrogen and oxygen atoms in total. The first-order valence-corrected chi connectivity index (χ1v) is 26.3. The van der Waals surface area contributed by atoms with Crippen molar-refractivity contribution in [1.29, 1.82) is 0 Å². The summed E-state index contributed by atoms with van der Waals surface area (Å²) in [6.45, 7) is 17.9. The standard InChI is InChI=1S/C53H97NO6/c1-7-13-17-25-45(26-18-14-8-2)37-49(56)59-35-23-31-52-40-47-39-51(42-52,30-22-34-58-48(55)29-21-33-54(11-5)12-6)43-53(41-47,44-52)32-24-36-60-50(57)38-46(27-19-15-9-3)28-20-16-10-4/h45-47H,7-44H2,1-6H3. The molecule has 0 aromatic heterocycles. The Labute approximate surface area is 370 Å². The molecule has 4 saturated carbocycles. The second-order valence-electron chi connectivity index (χ2n) is 20.7. The van der Waals surface area contributed by atoms with E-state index in [4.69, 9.17) is 14.2 Å². The van der Waals surface area contributed by atoms with Crippen LogP contribution in [0.3, 0.4) is 0 Å². The second-order valence-corrected chi connectivity index (χ2v) is 20.7. The number of ether oxygens (including phenoxy) is 3. The van der Waals surface area contributed by atoms with Gasteiger partial charge >= 0.3 is 17.9 Å². The van der Waals surface area contributed by atoms with Gasteiger partial charge in [-0.15, -0.1) is 0 Å². The largest absolute Gasteiger partial charge is 0.466 e. The molecular formula is C53H97NO6. The third-order valence-electron chi connectivity index (χ3n) is 15.3. The molecule has 4 aliphatic carbocycles. The normalized spacial score (nSPS) is 23.2. The van der Waals surface area contributed by atoms with Crippen molar-refractivity contribution in [3.8, 4) is 0 Å². The third kappa shape index (κ3) is 19.8. The monoisotopic (exact) mass is 844 g/mol. The highest BCUT2D eigenvalue weighted by Gasteiger charge is 2.62. The van der Waals surface area contributed by atoms with Crippen molar-refractivity contribution in [2.75, 3.05) is 39.5 Å². The number of carbonyl (C=O) groups excluding carboxylic acids is 3. The summed E-state index contributed by atoms with van der Waals surface area (Å²) in [4.78, 5) is 41.3. The van der Waals surface area contributed by atoms with E-state index in [1.54, 1.807) is 0 Å². The van der Waals surface area contributed by atoms with E-state index in [9.17, 15) is 14.4 Å². The molecule has 0 N–H and O–H groups in total. The summed E-state index contributed by atoms with van der Waals surface area (Å²) in [6, 6.07) is 0. The Bertz CT molecular complexity index is 1090. The average Bonchev–Trinajstić information content (AvgIpc) is 3.21. The first kappa shape index (κ1) is 52.7. The van der Waals surface area contributed by atoms with Crippen molar-refractivity contribution >= 4 is 17.9 Å². The summed E-state index contributed by atoms with van der Waals surface area (Å²) in [5.41, 5.74) is 0.865. The average molecular weight is 844 g/mol. The predicted octanol–water partition coefficient (Wildman–Crippen LogP) is 14.4. The maximum Gasteiger partial charge on any atom is 0.306 e. The molecule has 4 bridgehead atoms. The fraction of sp³-hybridized carbons (Fsp3) is 0.943. The van der Waals surface area contributed by atoms with Gasteiger partial charge in [-0.3, -0.25) is 14.4 Å². The number of hydrogen-bond acceptors (Lipinski definition) is 7. The van der Waals surface area contributed by atoms with Crippen molar-refractivity contribution in [3.05, 3.63) is 0 Å². The van der Waals surface area contributed by atoms with Crippen LogP contribution in [0.25, 0.3) is 0 Å². The van der Waals surface area contributed by atoms with Gasteiger partial charge in [0.05, 0.1) is 19.8 Å². The van der Waals surface area contributed by atoms with Crippen LogP contribution in [0.4, 0.5) is 0 Å². The molecule has 7 heteroatoms. The van der Waals surface area contributed by atoms with Gasteiger partial charge in [0, 0.05) is 19.3 Å². The highest BCUT2D eigenvalue weighted by Crippen LogP contribution is 2.73. The minimum absolute atomic E-state index is 0.0110. The molecule has 0 aromatic rings. The number of carbonyl (C=O) groups is 3. The van der Waals surface area contributed by atoms with E-state index in [1.807, 2.05) is 0 Å². The van der Waals surface area contributed by atoms with Crippen LogP contribution in [0.2, 0.25) is 0 Å². The smallest absolute Gasteiger partial charge is 0.306 e. The summed E-state index contributed by atoms with van der Waals surface area (Å²) in [5.74, 6) is 1.62. The molecule has 0 saturated heterocycles. The first-order chi connectivity index (χ1) is 29.1. The van der Waals surface area contributed by atoms with Crippen LogP contribution in [0, 0.1) is 34.0 Å². The van der Waals surface area contributed by atoms with Gasteiger partial charge in [0.1, 0.15) is 0 Å². The predicted molar refractivity (Wildman–Crippen MR) is 249 cm³/mol. The van der Waals surface area contributed by atoms with Gasteiger partial charge in [0.15, 0.2) is 0 Å². The fourth-order valence-corrected chi connectivity index (χ4v) is 12.9. The number of hydrogen-bond donors (Lipinski definition) is 0. The van der Waals surface area contributed by atoms with Crippen molar-refractivity contribution in [3.63, 3.8) is 0 Å². The van der Waals surface area contributed by atoms with Gasteiger partial charge in [-0.25, -0.2) is 0 Å². The Morgan fingerprint density at radius 2 is 0.833 bits per heavy atom. The van der Waals surface area contributed by atoms with E-state index in [0.29, 0.717) is 50.9 Å². The number of unbranched alkanes of at least 4 members (excludes halogenated alkanes) is 8. The van der Waals surface area contributed by atoms with Crippen LogP contribution in [0.1, 0.15) is 247 Å². The van der Waals surface area contributed by atoms with E-state index < -0.39 is 0 Å². The van der Waals surface area contributed by atoms with Gasteiger partial charge in [-0.05, 0) is 163 Å². The fourth-order valence-electron chi connectivity index (χ4n) is 12.9. The molecule has 0 radical (unpaired) electrons. The van der Waals surface area contributed by atoms with Crippen molar-refractivity contribution in [2.45, 2.75) is 247 Å². The quantitative estimate of drug-likeness (QED) is 0.0348. The zero-order chi connectivity index (χ0) is 43.5. The Morgan fingerprint density at radius 1 is 0.483 bits per heavy atom. The Balaban J connectivity index is 1.59.